The summed E-state index contributed by atoms with van der Waals surface area (Å²) in [5, 5.41) is 0.926. The Hall–Kier alpha value is -2.46. The van der Waals surface area contributed by atoms with E-state index in [4.69, 9.17) is 21.4 Å². The minimum Gasteiger partial charge on any atom is -0.465 e. The zero-order valence-corrected chi connectivity index (χ0v) is 14.3. The molecule has 0 fully saturated rings. The fourth-order valence-electron chi connectivity index (χ4n) is 2.51. The standard InChI is InChI=1S/C20H18O3S/c1-2-10-22-20(21)12-14-6-5-7-15(11-14)18-13-19(24)16-8-3-4-9-17(16)23-18/h3-9,11,13H,2,10,12H2,1H3. The molecule has 0 spiro atoms. The van der Waals surface area contributed by atoms with E-state index in [1.54, 1.807) is 0 Å². The van der Waals surface area contributed by atoms with Gasteiger partial charge in [-0.1, -0.05) is 49.5 Å². The molecular formula is C20H18O3S. The van der Waals surface area contributed by atoms with E-state index >= 15 is 0 Å². The smallest absolute Gasteiger partial charge is 0.310 e. The third-order valence-corrected chi connectivity index (χ3v) is 4.00. The Morgan fingerprint density at radius 3 is 2.79 bits per heavy atom. The van der Waals surface area contributed by atoms with Crippen molar-refractivity contribution in [1.29, 1.82) is 0 Å². The molecule has 0 saturated carbocycles. The minimum absolute atomic E-state index is 0.214. The van der Waals surface area contributed by atoms with Crippen LogP contribution in [0.1, 0.15) is 18.9 Å². The number of hydrogen-bond donors (Lipinski definition) is 0. The number of ether oxygens (including phenoxy) is 1. The predicted octanol–water partition coefficient (Wildman–Crippen LogP) is 5.32. The summed E-state index contributed by atoms with van der Waals surface area (Å²) in [4.78, 5) is 11.8. The van der Waals surface area contributed by atoms with Crippen molar-refractivity contribution in [2.45, 2.75) is 19.8 Å². The zero-order valence-electron chi connectivity index (χ0n) is 13.5. The van der Waals surface area contributed by atoms with E-state index in [2.05, 4.69) is 0 Å². The highest BCUT2D eigenvalue weighted by atomic mass is 32.1. The molecule has 24 heavy (non-hydrogen) atoms. The van der Waals surface area contributed by atoms with Gasteiger partial charge in [0.1, 0.15) is 11.3 Å². The molecule has 0 saturated heterocycles. The van der Waals surface area contributed by atoms with Gasteiger partial charge in [0.15, 0.2) is 0 Å². The zero-order chi connectivity index (χ0) is 16.9. The predicted molar refractivity (Wildman–Crippen MR) is 97.4 cm³/mol. The maximum absolute atomic E-state index is 11.8. The second-order valence-corrected chi connectivity index (χ2v) is 6.01. The van der Waals surface area contributed by atoms with Gasteiger partial charge in [-0.05, 0) is 30.2 Å². The number of fused-ring (bicyclic) bond motifs is 1. The SMILES string of the molecule is CCCOC(=O)Cc1cccc(-c2cc(=S)c3ccccc3o2)c1. The van der Waals surface area contributed by atoms with Crippen molar-refractivity contribution in [3.63, 3.8) is 0 Å². The highest BCUT2D eigenvalue weighted by Crippen LogP contribution is 2.26. The summed E-state index contributed by atoms with van der Waals surface area (Å²) in [7, 11) is 0. The van der Waals surface area contributed by atoms with Crippen molar-refractivity contribution in [3.8, 4) is 11.3 Å². The van der Waals surface area contributed by atoms with Crippen LogP contribution in [-0.4, -0.2) is 12.6 Å². The molecule has 2 aromatic carbocycles. The second kappa shape index (κ2) is 7.41. The number of hydrogen-bond acceptors (Lipinski definition) is 4. The Morgan fingerprint density at radius 2 is 1.96 bits per heavy atom. The number of esters is 1. The monoisotopic (exact) mass is 338 g/mol. The number of rotatable bonds is 5. The topological polar surface area (TPSA) is 39.4 Å². The normalized spacial score (nSPS) is 10.7. The van der Waals surface area contributed by atoms with E-state index in [9.17, 15) is 4.79 Å². The molecule has 0 aliphatic heterocycles. The number of carbonyl (C=O) groups is 1. The summed E-state index contributed by atoms with van der Waals surface area (Å²) >= 11 is 5.46. The van der Waals surface area contributed by atoms with Crippen LogP contribution >= 0.6 is 12.2 Å². The lowest BCUT2D eigenvalue weighted by Gasteiger charge is -2.07. The Morgan fingerprint density at radius 1 is 1.12 bits per heavy atom. The average Bonchev–Trinajstić information content (AvgIpc) is 2.60. The Labute approximate surface area is 145 Å². The molecule has 122 valence electrons. The molecule has 0 aliphatic carbocycles. The van der Waals surface area contributed by atoms with Crippen molar-refractivity contribution in [2.24, 2.45) is 0 Å². The molecular weight excluding hydrogens is 320 g/mol. The maximum Gasteiger partial charge on any atom is 0.310 e. The molecule has 1 aromatic heterocycles. The molecule has 4 heteroatoms. The molecule has 0 N–H and O–H groups in total. The van der Waals surface area contributed by atoms with Crippen molar-refractivity contribution in [1.82, 2.24) is 0 Å². The molecule has 3 rings (SSSR count). The maximum atomic E-state index is 11.8. The quantitative estimate of drug-likeness (QED) is 0.466. The van der Waals surface area contributed by atoms with Crippen LogP contribution in [0.2, 0.25) is 0 Å². The lowest BCUT2D eigenvalue weighted by atomic mass is 10.1. The van der Waals surface area contributed by atoms with Crippen LogP contribution in [0.3, 0.4) is 0 Å². The third kappa shape index (κ3) is 3.71. The van der Waals surface area contributed by atoms with Crippen LogP contribution in [0, 0.1) is 4.51 Å². The first-order valence-electron chi connectivity index (χ1n) is 7.95. The summed E-state index contributed by atoms with van der Waals surface area (Å²) in [5.41, 5.74) is 2.54. The molecule has 0 aliphatic rings. The van der Waals surface area contributed by atoms with Gasteiger partial charge in [0.05, 0.1) is 17.5 Å². The second-order valence-electron chi connectivity index (χ2n) is 5.57. The molecule has 0 bridgehead atoms. The van der Waals surface area contributed by atoms with Gasteiger partial charge >= 0.3 is 5.97 Å². The van der Waals surface area contributed by atoms with Crippen molar-refractivity contribution < 1.29 is 13.9 Å². The fourth-order valence-corrected chi connectivity index (χ4v) is 2.79. The van der Waals surface area contributed by atoms with Gasteiger partial charge in [0, 0.05) is 17.0 Å². The van der Waals surface area contributed by atoms with Gasteiger partial charge in [0.2, 0.25) is 0 Å². The van der Waals surface area contributed by atoms with Gasteiger partial charge in [-0.15, -0.1) is 0 Å². The highest BCUT2D eigenvalue weighted by molar-refractivity contribution is 7.71. The van der Waals surface area contributed by atoms with Crippen LogP contribution in [0.5, 0.6) is 0 Å². The van der Waals surface area contributed by atoms with Crippen LogP contribution in [0.4, 0.5) is 0 Å². The largest absolute Gasteiger partial charge is 0.465 e. The average molecular weight is 338 g/mol. The van der Waals surface area contributed by atoms with Crippen LogP contribution in [0.25, 0.3) is 22.3 Å². The highest BCUT2D eigenvalue weighted by Gasteiger charge is 2.08. The van der Waals surface area contributed by atoms with Gasteiger partial charge in [-0.3, -0.25) is 4.79 Å². The first kappa shape index (κ1) is 16.4. The van der Waals surface area contributed by atoms with Gasteiger partial charge < -0.3 is 9.15 Å². The van der Waals surface area contributed by atoms with Gasteiger partial charge in [0.25, 0.3) is 0 Å². The summed E-state index contributed by atoms with van der Waals surface area (Å²) in [5.74, 6) is 0.482. The molecule has 3 nitrogen and oxygen atoms in total. The Kier molecular flexibility index (Phi) is 5.06. The van der Waals surface area contributed by atoms with E-state index in [-0.39, 0.29) is 12.4 Å². The van der Waals surface area contributed by atoms with Crippen LogP contribution < -0.4 is 0 Å². The molecule has 0 amide bonds. The summed E-state index contributed by atoms with van der Waals surface area (Å²) in [6.45, 7) is 2.43. The van der Waals surface area contributed by atoms with Gasteiger partial charge in [-0.25, -0.2) is 0 Å². The van der Waals surface area contributed by atoms with E-state index < -0.39 is 0 Å². The lowest BCUT2D eigenvalue weighted by molar-refractivity contribution is -0.142. The third-order valence-electron chi connectivity index (χ3n) is 3.66. The van der Waals surface area contributed by atoms with E-state index in [0.29, 0.717) is 12.4 Å². The summed E-state index contributed by atoms with van der Waals surface area (Å²) < 4.78 is 11.9. The summed E-state index contributed by atoms with van der Waals surface area (Å²) in [6.07, 6.45) is 1.07. The van der Waals surface area contributed by atoms with E-state index in [0.717, 1.165) is 33.0 Å². The Bertz CT molecular complexity index is 927. The first-order chi connectivity index (χ1) is 11.7. The number of carbonyl (C=O) groups excluding carboxylic acids is 1. The first-order valence-corrected chi connectivity index (χ1v) is 8.36. The van der Waals surface area contributed by atoms with E-state index in [1.165, 1.54) is 0 Å². The number of para-hydroxylation sites is 1. The minimum atomic E-state index is -0.214. The summed E-state index contributed by atoms with van der Waals surface area (Å²) in [6, 6.07) is 17.3. The molecule has 0 unspecified atom stereocenters. The molecule has 0 atom stereocenters. The fraction of sp³-hybridized carbons (Fsp3) is 0.200. The Balaban J connectivity index is 1.91. The van der Waals surface area contributed by atoms with Crippen molar-refractivity contribution in [2.75, 3.05) is 6.61 Å². The van der Waals surface area contributed by atoms with Crippen LogP contribution in [-0.2, 0) is 16.0 Å². The molecule has 1 heterocycles. The van der Waals surface area contributed by atoms with Crippen molar-refractivity contribution in [3.05, 3.63) is 64.7 Å². The number of benzene rings is 2. The van der Waals surface area contributed by atoms with Crippen LogP contribution in [0.15, 0.2) is 59.0 Å². The lowest BCUT2D eigenvalue weighted by Crippen LogP contribution is -2.08. The molecule has 3 aromatic rings. The van der Waals surface area contributed by atoms with Gasteiger partial charge in [-0.2, -0.15) is 0 Å². The van der Waals surface area contributed by atoms with E-state index in [1.807, 2.05) is 61.5 Å². The molecule has 0 radical (unpaired) electrons. The van der Waals surface area contributed by atoms with Crippen molar-refractivity contribution >= 4 is 29.2 Å².